The van der Waals surface area contributed by atoms with Gasteiger partial charge in [0, 0.05) is 37.8 Å². The molecule has 1 N–H and O–H groups in total. The van der Waals surface area contributed by atoms with Crippen molar-refractivity contribution < 1.29 is 4.79 Å². The van der Waals surface area contributed by atoms with Crippen LogP contribution in [0.2, 0.25) is 0 Å². The van der Waals surface area contributed by atoms with Gasteiger partial charge in [-0.2, -0.15) is 0 Å². The van der Waals surface area contributed by atoms with Crippen molar-refractivity contribution >= 4 is 5.91 Å². The summed E-state index contributed by atoms with van der Waals surface area (Å²) in [5.74, 6) is 1.22. The van der Waals surface area contributed by atoms with E-state index in [9.17, 15) is 4.79 Å². The summed E-state index contributed by atoms with van der Waals surface area (Å²) in [5, 5.41) is 3.01. The molecule has 1 unspecified atom stereocenters. The van der Waals surface area contributed by atoms with E-state index in [0.717, 1.165) is 25.2 Å². The average Bonchev–Trinajstić information content (AvgIpc) is 2.64. The molecule has 0 radical (unpaired) electrons. The van der Waals surface area contributed by atoms with Crippen LogP contribution in [0.3, 0.4) is 0 Å². The number of imidazole rings is 1. The largest absolute Gasteiger partial charge is 0.353 e. The lowest BCUT2D eigenvalue weighted by molar-refractivity contribution is -0.121. The van der Waals surface area contributed by atoms with Gasteiger partial charge in [0.1, 0.15) is 5.82 Å². The summed E-state index contributed by atoms with van der Waals surface area (Å²) in [6.07, 6.45) is 6.24. The summed E-state index contributed by atoms with van der Waals surface area (Å²) in [5.41, 5.74) is 0. The van der Waals surface area contributed by atoms with Gasteiger partial charge >= 0.3 is 0 Å². The Morgan fingerprint density at radius 3 is 3.43 bits per heavy atom. The number of nitrogens with zero attached hydrogens (tertiary/aromatic N) is 2. The molecule has 0 aliphatic carbocycles. The van der Waals surface area contributed by atoms with Gasteiger partial charge in [0.05, 0.1) is 0 Å². The Bertz CT molecular complexity index is 332. The Morgan fingerprint density at radius 1 is 1.79 bits per heavy atom. The second-order valence-electron chi connectivity index (χ2n) is 3.65. The standard InChI is InChI=1S/C10H15N3O/c1-2-10(14)12-8-3-5-13-6-4-11-9(13)7-8/h4,6,8H,2-3,5,7H2,1H3,(H,12,14). The van der Waals surface area contributed by atoms with Gasteiger partial charge in [0.25, 0.3) is 0 Å². The zero-order valence-corrected chi connectivity index (χ0v) is 8.36. The fraction of sp³-hybridized carbons (Fsp3) is 0.600. The fourth-order valence-corrected chi connectivity index (χ4v) is 1.80. The van der Waals surface area contributed by atoms with E-state index in [4.69, 9.17) is 0 Å². The lowest BCUT2D eigenvalue weighted by Gasteiger charge is -2.24. The molecule has 1 atom stereocenters. The van der Waals surface area contributed by atoms with Crippen LogP contribution in [0.25, 0.3) is 0 Å². The van der Waals surface area contributed by atoms with Crippen LogP contribution in [-0.2, 0) is 17.8 Å². The highest BCUT2D eigenvalue weighted by atomic mass is 16.1. The third-order valence-corrected chi connectivity index (χ3v) is 2.64. The van der Waals surface area contributed by atoms with Crippen molar-refractivity contribution in [3.63, 3.8) is 0 Å². The van der Waals surface area contributed by atoms with Crippen molar-refractivity contribution in [2.24, 2.45) is 0 Å². The monoisotopic (exact) mass is 193 g/mol. The van der Waals surface area contributed by atoms with Crippen LogP contribution in [0.1, 0.15) is 25.6 Å². The lowest BCUT2D eigenvalue weighted by atomic mass is 10.1. The highest BCUT2D eigenvalue weighted by molar-refractivity contribution is 5.75. The summed E-state index contributed by atoms with van der Waals surface area (Å²) in [7, 11) is 0. The van der Waals surface area contributed by atoms with E-state index in [0.29, 0.717) is 6.42 Å². The van der Waals surface area contributed by atoms with Gasteiger partial charge < -0.3 is 9.88 Å². The highest BCUT2D eigenvalue weighted by Crippen LogP contribution is 2.12. The minimum Gasteiger partial charge on any atom is -0.353 e. The van der Waals surface area contributed by atoms with Gasteiger partial charge in [-0.05, 0) is 6.42 Å². The summed E-state index contributed by atoms with van der Waals surface area (Å²) in [6, 6.07) is 0.275. The minimum atomic E-state index is 0.134. The number of carbonyl (C=O) groups is 1. The van der Waals surface area contributed by atoms with Crippen molar-refractivity contribution in [3.05, 3.63) is 18.2 Å². The molecule has 4 nitrogen and oxygen atoms in total. The molecule has 2 heterocycles. The Balaban J connectivity index is 1.97. The number of hydrogen-bond donors (Lipinski definition) is 1. The van der Waals surface area contributed by atoms with Crippen LogP contribution in [-0.4, -0.2) is 21.5 Å². The molecule has 1 amide bonds. The van der Waals surface area contributed by atoms with Gasteiger partial charge in [0.15, 0.2) is 0 Å². The molecule has 0 bridgehead atoms. The third-order valence-electron chi connectivity index (χ3n) is 2.64. The molecular weight excluding hydrogens is 178 g/mol. The van der Waals surface area contributed by atoms with E-state index in [1.165, 1.54) is 0 Å². The van der Waals surface area contributed by atoms with E-state index in [1.54, 1.807) is 0 Å². The first-order valence-electron chi connectivity index (χ1n) is 5.09. The van der Waals surface area contributed by atoms with Crippen LogP contribution in [0, 0.1) is 0 Å². The van der Waals surface area contributed by atoms with Gasteiger partial charge in [-0.15, -0.1) is 0 Å². The molecule has 4 heteroatoms. The molecule has 1 aliphatic rings. The second kappa shape index (κ2) is 3.82. The van der Waals surface area contributed by atoms with Crippen molar-refractivity contribution in [2.75, 3.05) is 0 Å². The second-order valence-corrected chi connectivity index (χ2v) is 3.65. The summed E-state index contributed by atoms with van der Waals surface area (Å²) < 4.78 is 2.15. The molecule has 2 rings (SSSR count). The van der Waals surface area contributed by atoms with Gasteiger partial charge in [-0.25, -0.2) is 4.98 Å². The number of aromatic nitrogens is 2. The van der Waals surface area contributed by atoms with E-state index < -0.39 is 0 Å². The number of carbonyl (C=O) groups excluding carboxylic acids is 1. The molecule has 0 spiro atoms. The first-order valence-corrected chi connectivity index (χ1v) is 5.09. The number of amides is 1. The van der Waals surface area contributed by atoms with Crippen LogP contribution in [0.15, 0.2) is 12.4 Å². The van der Waals surface area contributed by atoms with Gasteiger partial charge in [0.2, 0.25) is 5.91 Å². The van der Waals surface area contributed by atoms with E-state index in [1.807, 2.05) is 19.3 Å². The molecule has 0 saturated heterocycles. The maximum Gasteiger partial charge on any atom is 0.219 e. The highest BCUT2D eigenvalue weighted by Gasteiger charge is 2.19. The molecule has 0 saturated carbocycles. The fourth-order valence-electron chi connectivity index (χ4n) is 1.80. The zero-order valence-electron chi connectivity index (χ0n) is 8.36. The molecule has 1 aromatic heterocycles. The number of nitrogens with one attached hydrogen (secondary N) is 1. The minimum absolute atomic E-state index is 0.134. The Kier molecular flexibility index (Phi) is 2.52. The molecular formula is C10H15N3O. The third kappa shape index (κ3) is 1.78. The molecule has 0 fully saturated rings. The Hall–Kier alpha value is -1.32. The lowest BCUT2D eigenvalue weighted by Crippen LogP contribution is -2.39. The quantitative estimate of drug-likeness (QED) is 0.752. The van der Waals surface area contributed by atoms with Crippen molar-refractivity contribution in [1.29, 1.82) is 0 Å². The maximum atomic E-state index is 11.2. The van der Waals surface area contributed by atoms with Crippen LogP contribution < -0.4 is 5.32 Å². The molecule has 76 valence electrons. The van der Waals surface area contributed by atoms with Crippen molar-refractivity contribution in [3.8, 4) is 0 Å². The smallest absolute Gasteiger partial charge is 0.219 e. The Labute approximate surface area is 83.3 Å². The van der Waals surface area contributed by atoms with E-state index >= 15 is 0 Å². The number of aryl methyl sites for hydroxylation is 1. The maximum absolute atomic E-state index is 11.2. The number of fused-ring (bicyclic) bond motifs is 1. The van der Waals surface area contributed by atoms with Crippen LogP contribution in [0.4, 0.5) is 0 Å². The summed E-state index contributed by atoms with van der Waals surface area (Å²) in [6.45, 7) is 2.84. The summed E-state index contributed by atoms with van der Waals surface area (Å²) in [4.78, 5) is 15.4. The van der Waals surface area contributed by atoms with Crippen LogP contribution >= 0.6 is 0 Å². The molecule has 1 aromatic rings. The molecule has 1 aliphatic heterocycles. The number of hydrogen-bond acceptors (Lipinski definition) is 2. The predicted molar refractivity (Wildman–Crippen MR) is 52.8 cm³/mol. The van der Waals surface area contributed by atoms with Crippen LogP contribution in [0.5, 0.6) is 0 Å². The van der Waals surface area contributed by atoms with Gasteiger partial charge in [-0.3, -0.25) is 4.79 Å². The topological polar surface area (TPSA) is 46.9 Å². The van der Waals surface area contributed by atoms with Crippen molar-refractivity contribution in [1.82, 2.24) is 14.9 Å². The summed E-state index contributed by atoms with van der Waals surface area (Å²) >= 11 is 0. The van der Waals surface area contributed by atoms with E-state index in [-0.39, 0.29) is 11.9 Å². The zero-order chi connectivity index (χ0) is 9.97. The molecule has 14 heavy (non-hydrogen) atoms. The first kappa shape index (κ1) is 9.24. The first-order chi connectivity index (χ1) is 6.79. The van der Waals surface area contributed by atoms with Gasteiger partial charge in [-0.1, -0.05) is 6.92 Å². The van der Waals surface area contributed by atoms with Crippen molar-refractivity contribution in [2.45, 2.75) is 38.8 Å². The molecule has 0 aromatic carbocycles. The number of rotatable bonds is 2. The Morgan fingerprint density at radius 2 is 2.64 bits per heavy atom. The normalized spacial score (nSPS) is 20.2. The SMILES string of the molecule is CCC(=O)NC1CCn2ccnc2C1. The average molecular weight is 193 g/mol. The predicted octanol–water partition coefficient (Wildman–Crippen LogP) is 0.724. The van der Waals surface area contributed by atoms with E-state index in [2.05, 4.69) is 14.9 Å².